The maximum absolute atomic E-state index is 11.6. The monoisotopic (exact) mass is 243 g/mol. The number of ether oxygens (including phenoxy) is 2. The van der Waals surface area contributed by atoms with Crippen LogP contribution in [0.3, 0.4) is 0 Å². The van der Waals surface area contributed by atoms with E-state index in [0.717, 1.165) is 25.7 Å². The van der Waals surface area contributed by atoms with Gasteiger partial charge in [0.2, 0.25) is 0 Å². The van der Waals surface area contributed by atoms with E-state index in [1.165, 1.54) is 0 Å². The number of carbonyl (C=O) groups excluding carboxylic acids is 1. The number of rotatable bonds is 5. The van der Waals surface area contributed by atoms with E-state index in [1.807, 2.05) is 13.8 Å². The van der Waals surface area contributed by atoms with Crippen molar-refractivity contribution >= 4 is 5.97 Å². The van der Waals surface area contributed by atoms with Crippen molar-refractivity contribution in [2.24, 2.45) is 5.73 Å². The van der Waals surface area contributed by atoms with Crippen molar-refractivity contribution < 1.29 is 14.3 Å². The number of carbonyl (C=O) groups is 1. The molecule has 2 unspecified atom stereocenters. The Labute approximate surface area is 104 Å². The molecule has 0 amide bonds. The first-order chi connectivity index (χ1) is 7.90. The second kappa shape index (κ2) is 6.36. The van der Waals surface area contributed by atoms with Crippen LogP contribution in [0.1, 0.15) is 52.4 Å². The van der Waals surface area contributed by atoms with E-state index in [-0.39, 0.29) is 23.7 Å². The molecule has 17 heavy (non-hydrogen) atoms. The minimum atomic E-state index is -0.305. The number of nitrogens with two attached hydrogens (primary N) is 1. The van der Waals surface area contributed by atoms with Gasteiger partial charge in [-0.15, -0.1) is 0 Å². The molecule has 4 heteroatoms. The Morgan fingerprint density at radius 3 is 2.59 bits per heavy atom. The summed E-state index contributed by atoms with van der Waals surface area (Å²) >= 11 is 0. The van der Waals surface area contributed by atoms with E-state index in [1.54, 1.807) is 7.11 Å². The van der Waals surface area contributed by atoms with Gasteiger partial charge in [-0.05, 0) is 39.5 Å². The molecule has 1 saturated carbocycles. The van der Waals surface area contributed by atoms with Crippen LogP contribution in [0.25, 0.3) is 0 Å². The predicted octanol–water partition coefficient (Wildman–Crippen LogP) is 2.00. The normalized spacial score (nSPS) is 25.6. The molecule has 0 heterocycles. The molecule has 4 nitrogen and oxygen atoms in total. The van der Waals surface area contributed by atoms with E-state index in [2.05, 4.69) is 0 Å². The molecule has 2 atom stereocenters. The van der Waals surface area contributed by atoms with Gasteiger partial charge in [-0.2, -0.15) is 0 Å². The lowest BCUT2D eigenvalue weighted by Gasteiger charge is -2.28. The van der Waals surface area contributed by atoms with Crippen LogP contribution in [0.5, 0.6) is 0 Å². The fourth-order valence-electron chi connectivity index (χ4n) is 2.09. The van der Waals surface area contributed by atoms with Crippen LogP contribution in [0.2, 0.25) is 0 Å². The minimum Gasteiger partial charge on any atom is -0.462 e. The Kier molecular flexibility index (Phi) is 5.40. The van der Waals surface area contributed by atoms with E-state index in [0.29, 0.717) is 12.8 Å². The van der Waals surface area contributed by atoms with Crippen molar-refractivity contribution in [3.05, 3.63) is 0 Å². The topological polar surface area (TPSA) is 61.5 Å². The third-order valence-corrected chi connectivity index (χ3v) is 3.18. The third-order valence-electron chi connectivity index (χ3n) is 3.18. The van der Waals surface area contributed by atoms with Gasteiger partial charge < -0.3 is 15.2 Å². The first-order valence-electron chi connectivity index (χ1n) is 6.42. The Morgan fingerprint density at radius 2 is 2.00 bits per heavy atom. The molecule has 1 fully saturated rings. The highest BCUT2D eigenvalue weighted by Crippen LogP contribution is 2.23. The van der Waals surface area contributed by atoms with Crippen molar-refractivity contribution in [1.29, 1.82) is 0 Å². The zero-order valence-electron chi connectivity index (χ0n) is 11.2. The highest BCUT2D eigenvalue weighted by atomic mass is 16.5. The van der Waals surface area contributed by atoms with Crippen LogP contribution in [0, 0.1) is 0 Å². The molecular formula is C13H25NO3. The van der Waals surface area contributed by atoms with Gasteiger partial charge in [-0.3, -0.25) is 4.79 Å². The molecule has 0 radical (unpaired) electrons. The fourth-order valence-corrected chi connectivity index (χ4v) is 2.09. The molecule has 0 aromatic heterocycles. The number of hydrogen-bond donors (Lipinski definition) is 1. The molecular weight excluding hydrogens is 218 g/mol. The second-order valence-corrected chi connectivity index (χ2v) is 5.62. The second-order valence-electron chi connectivity index (χ2n) is 5.62. The lowest BCUT2D eigenvalue weighted by molar-refractivity contribution is -0.153. The summed E-state index contributed by atoms with van der Waals surface area (Å²) in [5.41, 5.74) is 5.53. The molecule has 0 aromatic rings. The van der Waals surface area contributed by atoms with Crippen LogP contribution < -0.4 is 5.73 Å². The Hall–Kier alpha value is -0.610. The van der Waals surface area contributed by atoms with Crippen molar-refractivity contribution in [3.63, 3.8) is 0 Å². The SMILES string of the molecule is COC1CCCC(OC(=O)CCC(C)(C)N)C1. The minimum absolute atomic E-state index is 0.0297. The smallest absolute Gasteiger partial charge is 0.306 e. The summed E-state index contributed by atoms with van der Waals surface area (Å²) in [6.45, 7) is 3.84. The quantitative estimate of drug-likeness (QED) is 0.750. The van der Waals surface area contributed by atoms with Crippen molar-refractivity contribution in [3.8, 4) is 0 Å². The van der Waals surface area contributed by atoms with Gasteiger partial charge in [-0.25, -0.2) is 0 Å². The highest BCUT2D eigenvalue weighted by Gasteiger charge is 2.25. The first-order valence-corrected chi connectivity index (χ1v) is 6.42. The summed E-state index contributed by atoms with van der Waals surface area (Å²) in [7, 11) is 1.71. The molecule has 0 aromatic carbocycles. The zero-order chi connectivity index (χ0) is 12.9. The first kappa shape index (κ1) is 14.5. The van der Waals surface area contributed by atoms with Gasteiger partial charge in [0.15, 0.2) is 0 Å². The van der Waals surface area contributed by atoms with Crippen LogP contribution in [0.4, 0.5) is 0 Å². The number of methoxy groups -OCH3 is 1. The van der Waals surface area contributed by atoms with Crippen LogP contribution in [-0.2, 0) is 14.3 Å². The van der Waals surface area contributed by atoms with Gasteiger partial charge >= 0.3 is 5.97 Å². The fraction of sp³-hybridized carbons (Fsp3) is 0.923. The average molecular weight is 243 g/mol. The summed E-state index contributed by atoms with van der Waals surface area (Å²) < 4.78 is 10.8. The Morgan fingerprint density at radius 1 is 1.35 bits per heavy atom. The molecule has 1 rings (SSSR count). The summed E-state index contributed by atoms with van der Waals surface area (Å²) in [6.07, 6.45) is 5.25. The number of hydrogen-bond acceptors (Lipinski definition) is 4. The maximum atomic E-state index is 11.6. The van der Waals surface area contributed by atoms with E-state index >= 15 is 0 Å². The molecule has 1 aliphatic rings. The third kappa shape index (κ3) is 6.03. The van der Waals surface area contributed by atoms with E-state index in [9.17, 15) is 4.79 Å². The van der Waals surface area contributed by atoms with Crippen molar-refractivity contribution in [2.45, 2.75) is 70.1 Å². The van der Waals surface area contributed by atoms with Crippen LogP contribution in [0.15, 0.2) is 0 Å². The lowest BCUT2D eigenvalue weighted by atomic mass is 9.94. The predicted molar refractivity (Wildman–Crippen MR) is 66.6 cm³/mol. The summed E-state index contributed by atoms with van der Waals surface area (Å²) in [6, 6.07) is 0. The van der Waals surface area contributed by atoms with Gasteiger partial charge in [0, 0.05) is 25.5 Å². The largest absolute Gasteiger partial charge is 0.462 e. The molecule has 0 saturated heterocycles. The Bertz CT molecular complexity index is 248. The summed E-state index contributed by atoms with van der Waals surface area (Å²) in [5.74, 6) is -0.134. The standard InChI is InChI=1S/C13H25NO3/c1-13(2,14)8-7-12(15)17-11-6-4-5-10(9-11)16-3/h10-11H,4-9,14H2,1-3H3. The summed E-state index contributed by atoms with van der Waals surface area (Å²) in [5, 5.41) is 0. The maximum Gasteiger partial charge on any atom is 0.306 e. The molecule has 100 valence electrons. The van der Waals surface area contributed by atoms with E-state index < -0.39 is 0 Å². The van der Waals surface area contributed by atoms with Gasteiger partial charge in [0.25, 0.3) is 0 Å². The zero-order valence-corrected chi connectivity index (χ0v) is 11.2. The molecule has 2 N–H and O–H groups in total. The van der Waals surface area contributed by atoms with Crippen LogP contribution in [-0.4, -0.2) is 30.8 Å². The van der Waals surface area contributed by atoms with Crippen molar-refractivity contribution in [2.75, 3.05) is 7.11 Å². The highest BCUT2D eigenvalue weighted by molar-refractivity contribution is 5.69. The van der Waals surface area contributed by atoms with Gasteiger partial charge in [0.1, 0.15) is 6.10 Å². The van der Waals surface area contributed by atoms with Gasteiger partial charge in [0.05, 0.1) is 6.10 Å². The average Bonchev–Trinajstić information content (AvgIpc) is 2.26. The molecule has 0 aliphatic heterocycles. The van der Waals surface area contributed by atoms with E-state index in [4.69, 9.17) is 15.2 Å². The Balaban J connectivity index is 2.26. The lowest BCUT2D eigenvalue weighted by Crippen LogP contribution is -2.34. The van der Waals surface area contributed by atoms with Gasteiger partial charge in [-0.1, -0.05) is 0 Å². The summed E-state index contributed by atoms with van der Waals surface area (Å²) in [4.78, 5) is 11.6. The molecule has 0 spiro atoms. The number of esters is 1. The molecule has 0 bridgehead atoms. The molecule has 1 aliphatic carbocycles. The van der Waals surface area contributed by atoms with Crippen molar-refractivity contribution in [1.82, 2.24) is 0 Å². The van der Waals surface area contributed by atoms with Crippen LogP contribution >= 0.6 is 0 Å².